The number of benzene rings is 2. The van der Waals surface area contributed by atoms with Crippen LogP contribution in [0.2, 0.25) is 0 Å². The zero-order chi connectivity index (χ0) is 16.7. The Balaban J connectivity index is 2.76. The van der Waals surface area contributed by atoms with E-state index < -0.39 is 0 Å². The first-order chi connectivity index (χ1) is 10.00. The quantitative estimate of drug-likeness (QED) is 0.513. The van der Waals surface area contributed by atoms with Crippen LogP contribution >= 0.6 is 15.9 Å². The van der Waals surface area contributed by atoms with Crippen molar-refractivity contribution in [3.8, 4) is 11.1 Å². The molecule has 118 valence electrons. The van der Waals surface area contributed by atoms with Crippen LogP contribution in [0.5, 0.6) is 0 Å². The zero-order valence-electron chi connectivity index (χ0n) is 14.8. The minimum atomic E-state index is 0.144. The normalized spacial score (nSPS) is 12.5. The second kappa shape index (κ2) is 5.85. The molecule has 0 heterocycles. The molecule has 0 bridgehead atoms. The molecule has 0 amide bonds. The third-order valence-corrected chi connectivity index (χ3v) is 4.84. The van der Waals surface area contributed by atoms with Crippen molar-refractivity contribution in [2.45, 2.75) is 59.3 Å². The lowest BCUT2D eigenvalue weighted by Gasteiger charge is -2.26. The van der Waals surface area contributed by atoms with E-state index in [1.807, 2.05) is 0 Å². The average molecular weight is 359 g/mol. The SMILES string of the molecule is Cc1cccc(Br)c1-c1cc(C(C)(C)C)cc(C(C)(C)C)c1. The highest BCUT2D eigenvalue weighted by molar-refractivity contribution is 9.10. The molecule has 0 N–H and O–H groups in total. The molecule has 0 aliphatic carbocycles. The monoisotopic (exact) mass is 358 g/mol. The third kappa shape index (κ3) is 3.63. The minimum absolute atomic E-state index is 0.144. The fraction of sp³-hybridized carbons (Fsp3) is 0.429. The number of rotatable bonds is 1. The molecule has 0 aliphatic heterocycles. The lowest BCUT2D eigenvalue weighted by molar-refractivity contribution is 0.569. The molecular formula is C21H27Br. The van der Waals surface area contributed by atoms with Gasteiger partial charge in [0.2, 0.25) is 0 Å². The summed E-state index contributed by atoms with van der Waals surface area (Å²) < 4.78 is 1.17. The smallest absolute Gasteiger partial charge is 0.0256 e. The van der Waals surface area contributed by atoms with Crippen molar-refractivity contribution in [2.24, 2.45) is 0 Å². The van der Waals surface area contributed by atoms with Gasteiger partial charge in [-0.1, -0.05) is 87.8 Å². The van der Waals surface area contributed by atoms with Gasteiger partial charge < -0.3 is 0 Å². The molecule has 0 spiro atoms. The lowest BCUT2D eigenvalue weighted by Crippen LogP contribution is -2.16. The maximum Gasteiger partial charge on any atom is 0.0256 e. The molecule has 0 saturated carbocycles. The zero-order valence-corrected chi connectivity index (χ0v) is 16.4. The summed E-state index contributed by atoms with van der Waals surface area (Å²) in [4.78, 5) is 0. The van der Waals surface area contributed by atoms with Crippen LogP contribution in [0.15, 0.2) is 40.9 Å². The van der Waals surface area contributed by atoms with Crippen LogP contribution in [0.1, 0.15) is 58.2 Å². The van der Waals surface area contributed by atoms with Crippen molar-refractivity contribution in [1.29, 1.82) is 0 Å². The summed E-state index contributed by atoms with van der Waals surface area (Å²) in [5.41, 5.74) is 6.99. The summed E-state index contributed by atoms with van der Waals surface area (Å²) in [5.74, 6) is 0. The molecule has 2 aromatic carbocycles. The lowest BCUT2D eigenvalue weighted by atomic mass is 9.78. The van der Waals surface area contributed by atoms with E-state index in [0.29, 0.717) is 0 Å². The number of hydrogen-bond acceptors (Lipinski definition) is 0. The van der Waals surface area contributed by atoms with Crippen molar-refractivity contribution in [3.63, 3.8) is 0 Å². The Hall–Kier alpha value is -1.08. The molecule has 2 aromatic rings. The summed E-state index contributed by atoms with van der Waals surface area (Å²) in [5, 5.41) is 0. The van der Waals surface area contributed by atoms with Crippen LogP contribution in [-0.4, -0.2) is 0 Å². The Kier molecular flexibility index (Phi) is 4.59. The minimum Gasteiger partial charge on any atom is -0.0608 e. The van der Waals surface area contributed by atoms with Crippen molar-refractivity contribution >= 4 is 15.9 Å². The summed E-state index contributed by atoms with van der Waals surface area (Å²) in [6.45, 7) is 15.9. The van der Waals surface area contributed by atoms with Gasteiger partial charge in [-0.15, -0.1) is 0 Å². The van der Waals surface area contributed by atoms with E-state index in [1.165, 1.54) is 32.3 Å². The first kappa shape index (κ1) is 17.3. The fourth-order valence-corrected chi connectivity index (χ4v) is 3.33. The van der Waals surface area contributed by atoms with Gasteiger partial charge in [0.25, 0.3) is 0 Å². The van der Waals surface area contributed by atoms with Crippen molar-refractivity contribution < 1.29 is 0 Å². The van der Waals surface area contributed by atoms with Crippen LogP contribution in [0.25, 0.3) is 11.1 Å². The molecule has 0 atom stereocenters. The van der Waals surface area contributed by atoms with Gasteiger partial charge in [0.05, 0.1) is 0 Å². The largest absolute Gasteiger partial charge is 0.0608 e. The third-order valence-electron chi connectivity index (χ3n) is 4.18. The molecule has 0 saturated heterocycles. The molecule has 22 heavy (non-hydrogen) atoms. The van der Waals surface area contributed by atoms with Gasteiger partial charge in [-0.2, -0.15) is 0 Å². The molecule has 1 heteroatoms. The summed E-state index contributed by atoms with van der Waals surface area (Å²) in [7, 11) is 0. The Morgan fingerprint density at radius 3 is 1.68 bits per heavy atom. The van der Waals surface area contributed by atoms with Gasteiger partial charge in [0.1, 0.15) is 0 Å². The maximum absolute atomic E-state index is 3.73. The molecule has 0 fully saturated rings. The average Bonchev–Trinajstić information content (AvgIpc) is 2.36. The molecule has 0 unspecified atom stereocenters. The Bertz CT molecular complexity index is 630. The van der Waals surface area contributed by atoms with E-state index in [0.717, 1.165) is 0 Å². The van der Waals surface area contributed by atoms with Crippen LogP contribution in [0, 0.1) is 6.92 Å². The highest BCUT2D eigenvalue weighted by Gasteiger charge is 2.21. The first-order valence-corrected chi connectivity index (χ1v) is 8.71. The van der Waals surface area contributed by atoms with Gasteiger partial charge in [0, 0.05) is 4.47 Å². The van der Waals surface area contributed by atoms with Gasteiger partial charge in [-0.05, 0) is 51.6 Å². The van der Waals surface area contributed by atoms with Crippen molar-refractivity contribution in [3.05, 3.63) is 57.6 Å². The van der Waals surface area contributed by atoms with E-state index in [2.05, 4.69) is 101 Å². The topological polar surface area (TPSA) is 0 Å². The second-order valence-electron chi connectivity index (χ2n) is 8.23. The van der Waals surface area contributed by atoms with E-state index in [4.69, 9.17) is 0 Å². The molecule has 0 radical (unpaired) electrons. The van der Waals surface area contributed by atoms with Crippen LogP contribution in [0.3, 0.4) is 0 Å². The van der Waals surface area contributed by atoms with E-state index >= 15 is 0 Å². The van der Waals surface area contributed by atoms with Crippen LogP contribution in [-0.2, 0) is 10.8 Å². The molecule has 0 aromatic heterocycles. The van der Waals surface area contributed by atoms with Gasteiger partial charge in [-0.25, -0.2) is 0 Å². The molecular weight excluding hydrogens is 332 g/mol. The van der Waals surface area contributed by atoms with Crippen molar-refractivity contribution in [1.82, 2.24) is 0 Å². The molecule has 0 nitrogen and oxygen atoms in total. The summed E-state index contributed by atoms with van der Waals surface area (Å²) in [6, 6.07) is 13.5. The van der Waals surface area contributed by atoms with Gasteiger partial charge in [0.15, 0.2) is 0 Å². The molecule has 2 rings (SSSR count). The number of halogens is 1. The first-order valence-electron chi connectivity index (χ1n) is 7.92. The highest BCUT2D eigenvalue weighted by atomic mass is 79.9. The van der Waals surface area contributed by atoms with E-state index in [-0.39, 0.29) is 10.8 Å². The van der Waals surface area contributed by atoms with Crippen LogP contribution < -0.4 is 0 Å². The Morgan fingerprint density at radius 1 is 0.773 bits per heavy atom. The second-order valence-corrected chi connectivity index (χ2v) is 9.09. The number of aryl methyl sites for hydroxylation is 1. The molecule has 0 aliphatic rings. The number of hydrogen-bond donors (Lipinski definition) is 0. The Labute approximate surface area is 144 Å². The van der Waals surface area contributed by atoms with Gasteiger partial charge in [-0.3, -0.25) is 0 Å². The van der Waals surface area contributed by atoms with Crippen LogP contribution in [0.4, 0.5) is 0 Å². The standard InChI is InChI=1S/C21H27Br/c1-14-9-8-10-18(22)19(14)15-11-16(20(2,3)4)13-17(12-15)21(5,6)7/h8-13H,1-7H3. The van der Waals surface area contributed by atoms with Crippen molar-refractivity contribution in [2.75, 3.05) is 0 Å². The fourth-order valence-electron chi connectivity index (χ4n) is 2.64. The summed E-state index contributed by atoms with van der Waals surface area (Å²) in [6.07, 6.45) is 0. The van der Waals surface area contributed by atoms with E-state index in [9.17, 15) is 0 Å². The van der Waals surface area contributed by atoms with Gasteiger partial charge >= 0.3 is 0 Å². The predicted molar refractivity (Wildman–Crippen MR) is 102 cm³/mol. The van der Waals surface area contributed by atoms with E-state index in [1.54, 1.807) is 0 Å². The summed E-state index contributed by atoms with van der Waals surface area (Å²) >= 11 is 3.73. The Morgan fingerprint density at radius 2 is 1.27 bits per heavy atom. The maximum atomic E-state index is 3.73. The highest BCUT2D eigenvalue weighted by Crippen LogP contribution is 2.37. The predicted octanol–water partition coefficient (Wildman–Crippen LogP) is 7.02.